The second-order valence-corrected chi connectivity index (χ2v) is 4.34. The zero-order valence-electron chi connectivity index (χ0n) is 10.7. The molecule has 1 N–H and O–H groups in total. The van der Waals surface area contributed by atoms with Crippen molar-refractivity contribution in [3.05, 3.63) is 47.7 Å². The Hall–Kier alpha value is -2.34. The maximum absolute atomic E-state index is 11.6. The molecular formula is C13H12ClN3O3. The van der Waals surface area contributed by atoms with Crippen molar-refractivity contribution in [2.45, 2.75) is 6.61 Å². The number of halogens is 1. The Bertz CT molecular complexity index is 625. The van der Waals surface area contributed by atoms with Gasteiger partial charge >= 0.3 is 6.09 Å². The summed E-state index contributed by atoms with van der Waals surface area (Å²) in [6.07, 6.45) is -0.652. The molecule has 0 aliphatic rings. The molecular weight excluding hydrogens is 282 g/mol. The van der Waals surface area contributed by atoms with Gasteiger partial charge in [0.25, 0.3) is 5.24 Å². The van der Waals surface area contributed by atoms with Crippen LogP contribution in [0.15, 0.2) is 36.4 Å². The average Bonchev–Trinajstić information content (AvgIpc) is 2.78. The summed E-state index contributed by atoms with van der Waals surface area (Å²) >= 11 is 5.36. The van der Waals surface area contributed by atoms with Crippen molar-refractivity contribution >= 4 is 28.8 Å². The van der Waals surface area contributed by atoms with Gasteiger partial charge in [0.2, 0.25) is 0 Å². The lowest BCUT2D eigenvalue weighted by Gasteiger charge is -2.04. The van der Waals surface area contributed by atoms with Crippen LogP contribution >= 0.6 is 11.6 Å². The number of anilines is 1. The van der Waals surface area contributed by atoms with Gasteiger partial charge in [-0.1, -0.05) is 30.3 Å². The van der Waals surface area contributed by atoms with Gasteiger partial charge in [-0.25, -0.2) is 4.79 Å². The van der Waals surface area contributed by atoms with Gasteiger partial charge in [0.05, 0.1) is 0 Å². The highest BCUT2D eigenvalue weighted by Gasteiger charge is 2.13. The van der Waals surface area contributed by atoms with E-state index in [0.717, 1.165) is 5.56 Å². The number of benzene rings is 1. The molecule has 0 bridgehead atoms. The molecule has 0 atom stereocenters. The molecule has 2 aromatic rings. The largest absolute Gasteiger partial charge is 0.444 e. The minimum atomic E-state index is -0.652. The van der Waals surface area contributed by atoms with Crippen LogP contribution in [0.25, 0.3) is 0 Å². The standard InChI is InChI=1S/C13H12ClN3O3/c1-17-10(12(14)18)7-11(16-17)15-13(19)20-8-9-5-3-2-4-6-9/h2-7H,8H2,1H3,(H,15,16,19). The lowest BCUT2D eigenvalue weighted by molar-refractivity contribution is 0.107. The van der Waals surface area contributed by atoms with Crippen LogP contribution in [-0.2, 0) is 18.4 Å². The monoisotopic (exact) mass is 293 g/mol. The van der Waals surface area contributed by atoms with Gasteiger partial charge in [-0.2, -0.15) is 5.10 Å². The van der Waals surface area contributed by atoms with Gasteiger partial charge in [-0.05, 0) is 17.2 Å². The summed E-state index contributed by atoms with van der Waals surface area (Å²) in [5, 5.41) is 5.70. The predicted molar refractivity (Wildman–Crippen MR) is 73.6 cm³/mol. The fraction of sp³-hybridized carbons (Fsp3) is 0.154. The first-order valence-corrected chi connectivity index (χ1v) is 6.15. The molecule has 0 saturated heterocycles. The van der Waals surface area contributed by atoms with Crippen LogP contribution in [-0.4, -0.2) is 21.1 Å². The summed E-state index contributed by atoms with van der Waals surface area (Å²) in [6.45, 7) is 0.154. The van der Waals surface area contributed by atoms with Gasteiger partial charge in [0.15, 0.2) is 5.82 Å². The third-order valence-corrected chi connectivity index (χ3v) is 2.72. The highest BCUT2D eigenvalue weighted by molar-refractivity contribution is 6.67. The van der Waals surface area contributed by atoms with Crippen molar-refractivity contribution < 1.29 is 14.3 Å². The van der Waals surface area contributed by atoms with Crippen LogP contribution in [0.4, 0.5) is 10.6 Å². The minimum absolute atomic E-state index is 0.154. The van der Waals surface area contributed by atoms with E-state index in [1.54, 1.807) is 7.05 Å². The zero-order chi connectivity index (χ0) is 14.5. The van der Waals surface area contributed by atoms with Crippen LogP contribution in [0.3, 0.4) is 0 Å². The van der Waals surface area contributed by atoms with E-state index in [0.29, 0.717) is 0 Å². The third kappa shape index (κ3) is 3.58. The Morgan fingerprint density at radius 2 is 2.05 bits per heavy atom. The van der Waals surface area contributed by atoms with Crippen LogP contribution < -0.4 is 5.32 Å². The summed E-state index contributed by atoms with van der Waals surface area (Å²) in [4.78, 5) is 22.6. The molecule has 1 aromatic heterocycles. The molecule has 2 rings (SSSR count). The number of amides is 1. The summed E-state index contributed by atoms with van der Waals surface area (Å²) in [6, 6.07) is 10.7. The lowest BCUT2D eigenvalue weighted by Crippen LogP contribution is -2.14. The summed E-state index contributed by atoms with van der Waals surface area (Å²) in [5.41, 5.74) is 1.06. The average molecular weight is 294 g/mol. The Balaban J connectivity index is 1.92. The summed E-state index contributed by atoms with van der Waals surface area (Å²) in [7, 11) is 1.55. The predicted octanol–water partition coefficient (Wildman–Crippen LogP) is 2.55. The molecule has 6 nitrogen and oxygen atoms in total. The fourth-order valence-electron chi connectivity index (χ4n) is 1.58. The molecule has 0 aliphatic heterocycles. The Morgan fingerprint density at radius 3 is 2.65 bits per heavy atom. The number of hydrogen-bond donors (Lipinski definition) is 1. The Labute approximate surface area is 120 Å². The first-order chi connectivity index (χ1) is 9.56. The van der Waals surface area contributed by atoms with Crippen molar-refractivity contribution in [3.8, 4) is 0 Å². The van der Waals surface area contributed by atoms with Gasteiger partial charge in [-0.3, -0.25) is 14.8 Å². The number of aromatic nitrogens is 2. The maximum Gasteiger partial charge on any atom is 0.413 e. The van der Waals surface area contributed by atoms with Crippen LogP contribution in [0.5, 0.6) is 0 Å². The molecule has 0 spiro atoms. The SMILES string of the molecule is Cn1nc(NC(=O)OCc2ccccc2)cc1C(=O)Cl. The molecule has 0 unspecified atom stereocenters. The first kappa shape index (κ1) is 14.1. The topological polar surface area (TPSA) is 73.2 Å². The van der Waals surface area contributed by atoms with E-state index in [4.69, 9.17) is 16.3 Å². The quantitative estimate of drug-likeness (QED) is 0.879. The highest BCUT2D eigenvalue weighted by Crippen LogP contribution is 2.11. The van der Waals surface area contributed by atoms with Crippen LogP contribution in [0.2, 0.25) is 0 Å². The fourth-order valence-corrected chi connectivity index (χ4v) is 1.75. The molecule has 1 aromatic carbocycles. The number of hydrogen-bond acceptors (Lipinski definition) is 4. The minimum Gasteiger partial charge on any atom is -0.444 e. The van der Waals surface area contributed by atoms with E-state index in [1.165, 1.54) is 10.7 Å². The second-order valence-electron chi connectivity index (χ2n) is 4.00. The number of carbonyl (C=O) groups is 2. The van der Waals surface area contributed by atoms with Crippen molar-refractivity contribution in [2.75, 3.05) is 5.32 Å². The normalized spacial score (nSPS) is 10.1. The van der Waals surface area contributed by atoms with Gasteiger partial charge < -0.3 is 4.74 Å². The van der Waals surface area contributed by atoms with E-state index in [1.807, 2.05) is 30.3 Å². The molecule has 0 radical (unpaired) electrons. The van der Waals surface area contributed by atoms with Crippen LogP contribution in [0.1, 0.15) is 16.1 Å². The van der Waals surface area contributed by atoms with Crippen LogP contribution in [0, 0.1) is 0 Å². The van der Waals surface area contributed by atoms with E-state index in [-0.39, 0.29) is 18.1 Å². The Morgan fingerprint density at radius 1 is 1.35 bits per heavy atom. The Kier molecular flexibility index (Phi) is 4.37. The lowest BCUT2D eigenvalue weighted by atomic mass is 10.2. The molecule has 1 heterocycles. The molecule has 7 heteroatoms. The zero-order valence-corrected chi connectivity index (χ0v) is 11.4. The first-order valence-electron chi connectivity index (χ1n) is 5.78. The van der Waals surface area contributed by atoms with E-state index < -0.39 is 11.3 Å². The van der Waals surface area contributed by atoms with Crippen molar-refractivity contribution in [1.29, 1.82) is 0 Å². The number of aryl methyl sites for hydroxylation is 1. The van der Waals surface area contributed by atoms with Gasteiger partial charge in [-0.15, -0.1) is 0 Å². The highest BCUT2D eigenvalue weighted by atomic mass is 35.5. The second kappa shape index (κ2) is 6.21. The number of rotatable bonds is 4. The van der Waals surface area contributed by atoms with Crippen molar-refractivity contribution in [3.63, 3.8) is 0 Å². The summed E-state index contributed by atoms with van der Waals surface area (Å²) in [5.74, 6) is 0.203. The molecule has 0 saturated carbocycles. The van der Waals surface area contributed by atoms with E-state index in [9.17, 15) is 9.59 Å². The number of carbonyl (C=O) groups excluding carboxylic acids is 2. The molecule has 20 heavy (non-hydrogen) atoms. The molecule has 1 amide bonds. The number of nitrogens with zero attached hydrogens (tertiary/aromatic N) is 2. The van der Waals surface area contributed by atoms with E-state index in [2.05, 4.69) is 10.4 Å². The smallest absolute Gasteiger partial charge is 0.413 e. The van der Waals surface area contributed by atoms with Crippen molar-refractivity contribution in [2.24, 2.45) is 7.05 Å². The van der Waals surface area contributed by atoms with Gasteiger partial charge in [0.1, 0.15) is 12.3 Å². The van der Waals surface area contributed by atoms with E-state index >= 15 is 0 Å². The maximum atomic E-state index is 11.6. The van der Waals surface area contributed by atoms with Gasteiger partial charge in [0, 0.05) is 13.1 Å². The molecule has 0 fully saturated rings. The van der Waals surface area contributed by atoms with Crippen molar-refractivity contribution in [1.82, 2.24) is 9.78 Å². The third-order valence-electron chi connectivity index (χ3n) is 2.52. The number of nitrogens with one attached hydrogen (secondary N) is 1. The molecule has 104 valence electrons. The molecule has 0 aliphatic carbocycles. The summed E-state index contributed by atoms with van der Waals surface area (Å²) < 4.78 is 6.30. The number of ether oxygens (including phenoxy) is 1.